The molecular formula is C27H30F2N2O5S. The average Bonchev–Trinajstić information content (AvgIpc) is 2.82. The number of aliphatic hydroxyl groups is 1. The van der Waals surface area contributed by atoms with E-state index in [2.05, 4.69) is 10.0 Å². The fourth-order valence-electron chi connectivity index (χ4n) is 3.70. The summed E-state index contributed by atoms with van der Waals surface area (Å²) in [6.07, 6.45) is 0.0804. The zero-order valence-electron chi connectivity index (χ0n) is 20.6. The largest absolute Gasteiger partial charge is 0.492 e. The van der Waals surface area contributed by atoms with Crippen molar-refractivity contribution in [3.63, 3.8) is 0 Å². The third-order valence-corrected chi connectivity index (χ3v) is 6.78. The monoisotopic (exact) mass is 532 g/mol. The van der Waals surface area contributed by atoms with Gasteiger partial charge in [-0.05, 0) is 48.7 Å². The Balaban J connectivity index is 1.86. The van der Waals surface area contributed by atoms with Crippen molar-refractivity contribution in [3.05, 3.63) is 83.9 Å². The van der Waals surface area contributed by atoms with E-state index in [-0.39, 0.29) is 34.2 Å². The van der Waals surface area contributed by atoms with Gasteiger partial charge in [-0.2, -0.15) is 0 Å². The zero-order valence-corrected chi connectivity index (χ0v) is 21.4. The Morgan fingerprint density at radius 1 is 1.03 bits per heavy atom. The van der Waals surface area contributed by atoms with Crippen molar-refractivity contribution in [3.8, 4) is 5.75 Å². The predicted octanol–water partition coefficient (Wildman–Crippen LogP) is 5.19. The summed E-state index contributed by atoms with van der Waals surface area (Å²) < 4.78 is 61.3. The molecule has 0 aliphatic heterocycles. The number of nitrogens with one attached hydrogen (secondary N) is 2. The van der Waals surface area contributed by atoms with Crippen molar-refractivity contribution in [2.75, 3.05) is 23.3 Å². The molecule has 3 rings (SSSR count). The lowest BCUT2D eigenvalue weighted by molar-refractivity contribution is -0.118. The zero-order chi connectivity index (χ0) is 27.1. The van der Waals surface area contributed by atoms with E-state index in [9.17, 15) is 27.1 Å². The summed E-state index contributed by atoms with van der Waals surface area (Å²) >= 11 is 0. The summed E-state index contributed by atoms with van der Waals surface area (Å²) in [4.78, 5) is 12.7. The maximum Gasteiger partial charge on any atom is 0.265 e. The lowest BCUT2D eigenvalue weighted by Gasteiger charge is -2.17. The number of carbonyl (C=O) groups excluding carboxylic acids is 1. The lowest BCUT2D eigenvalue weighted by atomic mass is 9.99. The molecule has 7 nitrogen and oxygen atoms in total. The van der Waals surface area contributed by atoms with E-state index >= 15 is 0 Å². The highest BCUT2D eigenvalue weighted by molar-refractivity contribution is 7.92. The fraction of sp³-hybridized carbons (Fsp3) is 0.296. The number of hydrogen-bond acceptors (Lipinski definition) is 5. The van der Waals surface area contributed by atoms with Crippen LogP contribution in [0.5, 0.6) is 5.75 Å². The van der Waals surface area contributed by atoms with Crippen LogP contribution in [0.2, 0.25) is 0 Å². The van der Waals surface area contributed by atoms with Crippen molar-refractivity contribution in [1.82, 2.24) is 0 Å². The summed E-state index contributed by atoms with van der Waals surface area (Å²) in [7, 11) is -4.16. The minimum atomic E-state index is -4.16. The summed E-state index contributed by atoms with van der Waals surface area (Å²) in [6.45, 7) is 2.47. The summed E-state index contributed by atoms with van der Waals surface area (Å²) in [5.41, 5.74) is 1.34. The van der Waals surface area contributed by atoms with E-state index in [1.165, 1.54) is 42.5 Å². The van der Waals surface area contributed by atoms with Crippen LogP contribution in [0.25, 0.3) is 0 Å². The van der Waals surface area contributed by atoms with E-state index in [0.717, 1.165) is 6.92 Å². The smallest absolute Gasteiger partial charge is 0.265 e. The first-order valence-electron chi connectivity index (χ1n) is 11.8. The van der Waals surface area contributed by atoms with Crippen LogP contribution in [-0.2, 0) is 21.2 Å². The van der Waals surface area contributed by atoms with E-state index in [0.29, 0.717) is 12.0 Å². The van der Waals surface area contributed by atoms with Gasteiger partial charge in [-0.3, -0.25) is 9.52 Å². The summed E-state index contributed by atoms with van der Waals surface area (Å²) in [5.74, 6) is -4.19. The van der Waals surface area contributed by atoms with Crippen LogP contribution < -0.4 is 14.8 Å². The Bertz CT molecular complexity index is 1310. The summed E-state index contributed by atoms with van der Waals surface area (Å²) in [6, 6.07) is 18.7. The minimum absolute atomic E-state index is 0.0173. The van der Waals surface area contributed by atoms with E-state index < -0.39 is 40.8 Å². The van der Waals surface area contributed by atoms with Crippen molar-refractivity contribution >= 4 is 27.3 Å². The molecule has 3 aromatic carbocycles. The summed E-state index contributed by atoms with van der Waals surface area (Å²) in [5, 5.41) is 12.5. The van der Waals surface area contributed by atoms with Gasteiger partial charge in [0.25, 0.3) is 10.0 Å². The first-order valence-corrected chi connectivity index (χ1v) is 13.2. The number of rotatable bonds is 12. The molecule has 10 heteroatoms. The highest BCUT2D eigenvalue weighted by Crippen LogP contribution is 2.31. The van der Waals surface area contributed by atoms with Crippen LogP contribution in [0.4, 0.5) is 20.2 Å². The SMILES string of the molecule is CCCOc1cc(NC(=O)[C@@H](CO)c2ccccc2)ccc1S(=O)(=O)Nc1cccc(CC(C)(F)F)c1. The second kappa shape index (κ2) is 12.2. The molecule has 0 aromatic heterocycles. The number of sulfonamides is 1. The van der Waals surface area contributed by atoms with Gasteiger partial charge in [-0.1, -0.05) is 49.4 Å². The Hall–Kier alpha value is -3.50. The van der Waals surface area contributed by atoms with Gasteiger partial charge in [0.2, 0.25) is 11.8 Å². The molecule has 3 aromatic rings. The molecule has 37 heavy (non-hydrogen) atoms. The molecule has 0 radical (unpaired) electrons. The second-order valence-electron chi connectivity index (χ2n) is 8.70. The van der Waals surface area contributed by atoms with E-state index in [4.69, 9.17) is 4.74 Å². The molecule has 0 spiro atoms. The molecule has 1 atom stereocenters. The van der Waals surface area contributed by atoms with Gasteiger partial charge in [-0.15, -0.1) is 0 Å². The second-order valence-corrected chi connectivity index (χ2v) is 10.3. The maximum atomic E-state index is 13.4. The van der Waals surface area contributed by atoms with Gasteiger partial charge >= 0.3 is 0 Å². The van der Waals surface area contributed by atoms with Gasteiger partial charge in [0.05, 0.1) is 19.1 Å². The standard InChI is InChI=1S/C27H30F2N2O5S/c1-3-14-36-24-16-21(30-26(33)23(18-32)20-9-5-4-6-10-20)12-13-25(24)37(34,35)31-22-11-7-8-19(15-22)17-27(2,28)29/h4-13,15-16,23,31-32H,3,14,17-18H2,1-2H3,(H,30,33)/t23-/m0/s1. The molecule has 0 aliphatic rings. The Kier molecular flexibility index (Phi) is 9.23. The number of hydrogen-bond donors (Lipinski definition) is 3. The number of carbonyl (C=O) groups is 1. The number of amides is 1. The Morgan fingerprint density at radius 3 is 2.41 bits per heavy atom. The number of halogens is 2. The quantitative estimate of drug-likeness (QED) is 0.298. The maximum absolute atomic E-state index is 13.4. The van der Waals surface area contributed by atoms with Gasteiger partial charge in [0.1, 0.15) is 10.6 Å². The first kappa shape index (κ1) is 28.1. The van der Waals surface area contributed by atoms with E-state index in [1.807, 2.05) is 6.92 Å². The fourth-order valence-corrected chi connectivity index (χ4v) is 4.88. The molecule has 0 heterocycles. The van der Waals surface area contributed by atoms with E-state index in [1.54, 1.807) is 30.3 Å². The number of ether oxygens (including phenoxy) is 1. The molecule has 3 N–H and O–H groups in total. The predicted molar refractivity (Wildman–Crippen MR) is 139 cm³/mol. The van der Waals surface area contributed by atoms with Crippen molar-refractivity contribution in [2.45, 2.75) is 43.4 Å². The van der Waals surface area contributed by atoms with Gasteiger partial charge in [0.15, 0.2) is 0 Å². The number of anilines is 2. The molecule has 198 valence electrons. The normalized spacial score (nSPS) is 12.6. The molecule has 0 unspecified atom stereocenters. The third kappa shape index (κ3) is 7.99. The van der Waals surface area contributed by atoms with Gasteiger partial charge < -0.3 is 15.2 Å². The molecule has 0 fully saturated rings. The van der Waals surface area contributed by atoms with Crippen LogP contribution in [0, 0.1) is 0 Å². The van der Waals surface area contributed by atoms with Crippen LogP contribution in [0.3, 0.4) is 0 Å². The highest BCUT2D eigenvalue weighted by Gasteiger charge is 2.25. The Morgan fingerprint density at radius 2 is 1.76 bits per heavy atom. The third-order valence-electron chi connectivity index (χ3n) is 5.36. The van der Waals surface area contributed by atoms with Crippen LogP contribution in [0.15, 0.2) is 77.7 Å². The molecular weight excluding hydrogens is 502 g/mol. The molecule has 1 amide bonds. The molecule has 0 saturated heterocycles. The lowest BCUT2D eigenvalue weighted by Crippen LogP contribution is -2.24. The minimum Gasteiger partial charge on any atom is -0.492 e. The van der Waals surface area contributed by atoms with Gasteiger partial charge in [0, 0.05) is 23.9 Å². The van der Waals surface area contributed by atoms with Crippen LogP contribution >= 0.6 is 0 Å². The van der Waals surface area contributed by atoms with Crippen molar-refractivity contribution in [1.29, 1.82) is 0 Å². The number of benzene rings is 3. The van der Waals surface area contributed by atoms with Crippen LogP contribution in [-0.4, -0.2) is 38.6 Å². The number of alkyl halides is 2. The number of aliphatic hydroxyl groups excluding tert-OH is 1. The average molecular weight is 533 g/mol. The molecule has 0 saturated carbocycles. The van der Waals surface area contributed by atoms with Crippen molar-refractivity contribution < 1.29 is 31.8 Å². The van der Waals surface area contributed by atoms with Gasteiger partial charge in [-0.25, -0.2) is 17.2 Å². The molecule has 0 aliphatic carbocycles. The van der Waals surface area contributed by atoms with Crippen LogP contribution in [0.1, 0.15) is 37.3 Å². The first-order chi connectivity index (χ1) is 17.5. The Labute approximate surface area is 215 Å². The molecule has 0 bridgehead atoms. The highest BCUT2D eigenvalue weighted by atomic mass is 32.2. The van der Waals surface area contributed by atoms with Crippen molar-refractivity contribution in [2.24, 2.45) is 0 Å². The topological polar surface area (TPSA) is 105 Å².